The molecular formula is C10H9NO. The van der Waals surface area contributed by atoms with Gasteiger partial charge in [-0.15, -0.1) is 0 Å². The number of rotatable bonds is 2. The monoisotopic (exact) mass is 159 g/mol. The van der Waals surface area contributed by atoms with Crippen molar-refractivity contribution in [1.82, 2.24) is 0 Å². The Bertz CT molecular complexity index is 336. The molecule has 0 amide bonds. The molecule has 0 aromatic heterocycles. The summed E-state index contributed by atoms with van der Waals surface area (Å²) in [5, 5.41) is 8.60. The molecule has 0 radical (unpaired) electrons. The van der Waals surface area contributed by atoms with Crippen molar-refractivity contribution in [2.45, 2.75) is 0 Å². The predicted octanol–water partition coefficient (Wildman–Crippen LogP) is 2.21. The van der Waals surface area contributed by atoms with E-state index in [4.69, 9.17) is 10.00 Å². The van der Waals surface area contributed by atoms with Crippen LogP contribution in [0, 0.1) is 11.3 Å². The Morgan fingerprint density at radius 3 is 2.83 bits per heavy atom. The van der Waals surface area contributed by atoms with Crippen LogP contribution >= 0.6 is 0 Å². The second-order valence-corrected chi connectivity index (χ2v) is 2.27. The Morgan fingerprint density at radius 2 is 2.33 bits per heavy atom. The van der Waals surface area contributed by atoms with Crippen molar-refractivity contribution < 1.29 is 4.74 Å². The minimum absolute atomic E-state index is 0.616. The second-order valence-electron chi connectivity index (χ2n) is 2.27. The maximum Gasteiger partial charge on any atom is 0.126 e. The van der Waals surface area contributed by atoms with E-state index in [1.165, 1.54) is 0 Å². The average molecular weight is 159 g/mol. The first kappa shape index (κ1) is 8.35. The van der Waals surface area contributed by atoms with E-state index in [0.717, 1.165) is 11.3 Å². The van der Waals surface area contributed by atoms with Crippen LogP contribution < -0.4 is 4.74 Å². The molecule has 0 bridgehead atoms. The molecule has 0 heterocycles. The lowest BCUT2D eigenvalue weighted by Gasteiger charge is -2.03. The zero-order valence-electron chi connectivity index (χ0n) is 6.87. The van der Waals surface area contributed by atoms with Gasteiger partial charge >= 0.3 is 0 Å². The van der Waals surface area contributed by atoms with Crippen LogP contribution in [0.1, 0.15) is 11.1 Å². The maximum atomic E-state index is 8.60. The van der Waals surface area contributed by atoms with Crippen molar-refractivity contribution in [3.63, 3.8) is 0 Å². The Morgan fingerprint density at radius 1 is 1.58 bits per heavy atom. The molecule has 0 aliphatic heterocycles. The summed E-state index contributed by atoms with van der Waals surface area (Å²) in [6, 6.07) is 7.27. The summed E-state index contributed by atoms with van der Waals surface area (Å²) in [5.41, 5.74) is 1.46. The number of methoxy groups -OCH3 is 1. The van der Waals surface area contributed by atoms with E-state index in [0.29, 0.717) is 5.56 Å². The number of benzene rings is 1. The van der Waals surface area contributed by atoms with Crippen LogP contribution in [-0.4, -0.2) is 7.11 Å². The van der Waals surface area contributed by atoms with E-state index >= 15 is 0 Å². The lowest BCUT2D eigenvalue weighted by Crippen LogP contribution is -1.87. The number of hydrogen-bond donors (Lipinski definition) is 0. The molecule has 0 N–H and O–H groups in total. The fraction of sp³-hybridized carbons (Fsp3) is 0.100. The lowest BCUT2D eigenvalue weighted by molar-refractivity contribution is 0.414. The molecule has 2 heteroatoms. The molecule has 0 fully saturated rings. The van der Waals surface area contributed by atoms with E-state index in [1.807, 2.05) is 6.07 Å². The fourth-order valence-corrected chi connectivity index (χ4v) is 0.963. The van der Waals surface area contributed by atoms with Gasteiger partial charge in [-0.1, -0.05) is 12.7 Å². The average Bonchev–Trinajstić information content (AvgIpc) is 2.16. The number of hydrogen-bond acceptors (Lipinski definition) is 2. The number of nitriles is 1. The van der Waals surface area contributed by atoms with Gasteiger partial charge in [-0.2, -0.15) is 5.26 Å². The molecule has 0 aliphatic rings. The van der Waals surface area contributed by atoms with Gasteiger partial charge in [0.25, 0.3) is 0 Å². The van der Waals surface area contributed by atoms with E-state index in [9.17, 15) is 0 Å². The molecule has 0 spiro atoms. The van der Waals surface area contributed by atoms with Gasteiger partial charge in [-0.05, 0) is 18.2 Å². The SMILES string of the molecule is C=Cc1cc(C#N)ccc1OC. The summed E-state index contributed by atoms with van der Waals surface area (Å²) >= 11 is 0. The molecule has 0 saturated carbocycles. The van der Waals surface area contributed by atoms with Crippen LogP contribution in [0.15, 0.2) is 24.8 Å². The van der Waals surface area contributed by atoms with E-state index in [-0.39, 0.29) is 0 Å². The number of ether oxygens (including phenoxy) is 1. The first-order valence-electron chi connectivity index (χ1n) is 3.52. The van der Waals surface area contributed by atoms with Crippen LogP contribution in [0.4, 0.5) is 0 Å². The molecule has 2 nitrogen and oxygen atoms in total. The molecular weight excluding hydrogens is 150 g/mol. The Balaban J connectivity index is 3.21. The Kier molecular flexibility index (Phi) is 2.49. The van der Waals surface area contributed by atoms with Gasteiger partial charge in [0.05, 0.1) is 18.7 Å². The highest BCUT2D eigenvalue weighted by Crippen LogP contribution is 2.20. The molecule has 0 saturated heterocycles. The van der Waals surface area contributed by atoms with Crippen molar-refractivity contribution >= 4 is 6.08 Å². The Hall–Kier alpha value is -1.75. The standard InChI is InChI=1S/C10H9NO/c1-3-9-6-8(7-11)4-5-10(9)12-2/h3-6H,1H2,2H3. The second kappa shape index (κ2) is 3.59. The van der Waals surface area contributed by atoms with Gasteiger partial charge in [-0.3, -0.25) is 0 Å². The highest BCUT2D eigenvalue weighted by molar-refractivity contribution is 5.58. The van der Waals surface area contributed by atoms with Gasteiger partial charge in [0.2, 0.25) is 0 Å². The highest BCUT2D eigenvalue weighted by Gasteiger charge is 1.99. The molecule has 12 heavy (non-hydrogen) atoms. The normalized spacial score (nSPS) is 8.67. The first-order valence-corrected chi connectivity index (χ1v) is 3.52. The summed E-state index contributed by atoms with van der Waals surface area (Å²) < 4.78 is 5.06. The molecule has 0 unspecified atom stereocenters. The molecule has 0 atom stereocenters. The zero-order chi connectivity index (χ0) is 8.97. The van der Waals surface area contributed by atoms with Crippen molar-refractivity contribution in [2.75, 3.05) is 7.11 Å². The summed E-state index contributed by atoms with van der Waals surface area (Å²) in [6.45, 7) is 3.63. The highest BCUT2D eigenvalue weighted by atomic mass is 16.5. The van der Waals surface area contributed by atoms with Gasteiger partial charge < -0.3 is 4.74 Å². The first-order chi connectivity index (χ1) is 5.81. The third-order valence-corrected chi connectivity index (χ3v) is 1.58. The molecule has 1 aromatic carbocycles. The molecule has 0 aliphatic carbocycles. The smallest absolute Gasteiger partial charge is 0.126 e. The van der Waals surface area contributed by atoms with Crippen LogP contribution in [0.2, 0.25) is 0 Å². The minimum atomic E-state index is 0.616. The van der Waals surface area contributed by atoms with Gasteiger partial charge in [0.1, 0.15) is 5.75 Å². The Labute approximate surface area is 71.7 Å². The van der Waals surface area contributed by atoms with Gasteiger partial charge in [-0.25, -0.2) is 0 Å². The van der Waals surface area contributed by atoms with Crippen molar-refractivity contribution in [3.8, 4) is 11.8 Å². The van der Waals surface area contributed by atoms with Crippen LogP contribution in [0.5, 0.6) is 5.75 Å². The zero-order valence-corrected chi connectivity index (χ0v) is 6.87. The third kappa shape index (κ3) is 1.46. The summed E-state index contributed by atoms with van der Waals surface area (Å²) in [4.78, 5) is 0. The van der Waals surface area contributed by atoms with Crippen LogP contribution in [0.3, 0.4) is 0 Å². The van der Waals surface area contributed by atoms with Crippen LogP contribution in [-0.2, 0) is 0 Å². The van der Waals surface area contributed by atoms with Crippen molar-refractivity contribution in [1.29, 1.82) is 5.26 Å². The fourth-order valence-electron chi connectivity index (χ4n) is 0.963. The van der Waals surface area contributed by atoms with Crippen molar-refractivity contribution in [3.05, 3.63) is 35.9 Å². The number of nitrogens with zero attached hydrogens (tertiary/aromatic N) is 1. The minimum Gasteiger partial charge on any atom is -0.496 e. The van der Waals surface area contributed by atoms with Crippen molar-refractivity contribution in [2.24, 2.45) is 0 Å². The largest absolute Gasteiger partial charge is 0.496 e. The molecule has 1 rings (SSSR count). The topological polar surface area (TPSA) is 33.0 Å². The van der Waals surface area contributed by atoms with E-state index in [1.54, 1.807) is 31.4 Å². The van der Waals surface area contributed by atoms with Gasteiger partial charge in [0, 0.05) is 5.56 Å². The summed E-state index contributed by atoms with van der Waals surface area (Å²) in [6.07, 6.45) is 1.67. The van der Waals surface area contributed by atoms with E-state index < -0.39 is 0 Å². The predicted molar refractivity (Wildman–Crippen MR) is 47.8 cm³/mol. The quantitative estimate of drug-likeness (QED) is 0.662. The summed E-state index contributed by atoms with van der Waals surface area (Å²) in [5.74, 6) is 0.740. The summed E-state index contributed by atoms with van der Waals surface area (Å²) in [7, 11) is 1.59. The molecule has 1 aromatic rings. The third-order valence-electron chi connectivity index (χ3n) is 1.58. The lowest BCUT2D eigenvalue weighted by atomic mass is 10.1. The maximum absolute atomic E-state index is 8.60. The van der Waals surface area contributed by atoms with E-state index in [2.05, 4.69) is 6.58 Å². The molecule has 60 valence electrons. The van der Waals surface area contributed by atoms with Gasteiger partial charge in [0.15, 0.2) is 0 Å². The van der Waals surface area contributed by atoms with Crippen LogP contribution in [0.25, 0.3) is 6.08 Å².